The van der Waals surface area contributed by atoms with Crippen LogP contribution in [0.5, 0.6) is 0 Å². The highest BCUT2D eigenvalue weighted by Gasteiger charge is 2.19. The Hall–Kier alpha value is -0.900. The number of morpholine rings is 1. The first kappa shape index (κ1) is 13.5. The minimum Gasteiger partial charge on any atom is -0.379 e. The summed E-state index contributed by atoms with van der Waals surface area (Å²) in [7, 11) is 0. The minimum atomic E-state index is 0.519. The standard InChI is InChI=1S/C15H24N2O/c1-3-16-10-14-6-4-5-7-15(14)11-17-8-9-18-12-13(17)2/h4-7,13,16H,3,8-12H2,1-2H3. The molecule has 0 aromatic heterocycles. The second-order valence-electron chi connectivity index (χ2n) is 4.94. The van der Waals surface area contributed by atoms with E-state index in [1.807, 2.05) is 0 Å². The molecule has 0 aliphatic carbocycles. The van der Waals surface area contributed by atoms with Crippen molar-refractivity contribution in [2.45, 2.75) is 33.0 Å². The fourth-order valence-electron chi connectivity index (χ4n) is 2.36. The molecular weight excluding hydrogens is 224 g/mol. The molecule has 1 aliphatic rings. The molecule has 1 aliphatic heterocycles. The average molecular weight is 248 g/mol. The summed E-state index contributed by atoms with van der Waals surface area (Å²) in [4.78, 5) is 2.51. The van der Waals surface area contributed by atoms with E-state index in [1.165, 1.54) is 11.1 Å². The Morgan fingerprint density at radius 3 is 2.83 bits per heavy atom. The van der Waals surface area contributed by atoms with E-state index in [2.05, 4.69) is 48.3 Å². The van der Waals surface area contributed by atoms with Gasteiger partial charge in [0.2, 0.25) is 0 Å². The van der Waals surface area contributed by atoms with E-state index >= 15 is 0 Å². The Morgan fingerprint density at radius 2 is 2.11 bits per heavy atom. The smallest absolute Gasteiger partial charge is 0.0619 e. The maximum Gasteiger partial charge on any atom is 0.0619 e. The van der Waals surface area contributed by atoms with Crippen molar-refractivity contribution in [3.05, 3.63) is 35.4 Å². The van der Waals surface area contributed by atoms with Gasteiger partial charge in [-0.1, -0.05) is 31.2 Å². The highest BCUT2D eigenvalue weighted by atomic mass is 16.5. The van der Waals surface area contributed by atoms with Crippen molar-refractivity contribution in [2.75, 3.05) is 26.3 Å². The minimum absolute atomic E-state index is 0.519. The van der Waals surface area contributed by atoms with Gasteiger partial charge < -0.3 is 10.1 Å². The van der Waals surface area contributed by atoms with Gasteiger partial charge in [-0.3, -0.25) is 4.90 Å². The number of nitrogens with one attached hydrogen (secondary N) is 1. The summed E-state index contributed by atoms with van der Waals surface area (Å²) in [6.45, 7) is 10.2. The van der Waals surface area contributed by atoms with Crippen LogP contribution >= 0.6 is 0 Å². The van der Waals surface area contributed by atoms with Gasteiger partial charge in [-0.05, 0) is 24.6 Å². The molecule has 0 bridgehead atoms. The van der Waals surface area contributed by atoms with Crippen LogP contribution in [0.25, 0.3) is 0 Å². The molecule has 18 heavy (non-hydrogen) atoms. The summed E-state index contributed by atoms with van der Waals surface area (Å²) in [6, 6.07) is 9.25. The lowest BCUT2D eigenvalue weighted by atomic mass is 10.1. The molecule has 100 valence electrons. The van der Waals surface area contributed by atoms with E-state index in [0.717, 1.165) is 39.4 Å². The summed E-state index contributed by atoms with van der Waals surface area (Å²) in [6.07, 6.45) is 0. The molecule has 1 unspecified atom stereocenters. The van der Waals surface area contributed by atoms with Gasteiger partial charge in [0.25, 0.3) is 0 Å². The zero-order valence-corrected chi connectivity index (χ0v) is 11.5. The SMILES string of the molecule is CCNCc1ccccc1CN1CCOCC1C. The number of hydrogen-bond acceptors (Lipinski definition) is 3. The van der Waals surface area contributed by atoms with Gasteiger partial charge in [0.05, 0.1) is 13.2 Å². The van der Waals surface area contributed by atoms with Gasteiger partial charge in [-0.2, -0.15) is 0 Å². The van der Waals surface area contributed by atoms with E-state index in [1.54, 1.807) is 0 Å². The lowest BCUT2D eigenvalue weighted by Gasteiger charge is -2.33. The van der Waals surface area contributed by atoms with Crippen molar-refractivity contribution < 1.29 is 4.74 Å². The molecule has 2 rings (SSSR count). The highest BCUT2D eigenvalue weighted by molar-refractivity contribution is 5.27. The largest absolute Gasteiger partial charge is 0.379 e. The second-order valence-corrected chi connectivity index (χ2v) is 4.94. The zero-order chi connectivity index (χ0) is 12.8. The van der Waals surface area contributed by atoms with Gasteiger partial charge in [0.15, 0.2) is 0 Å². The molecule has 0 amide bonds. The summed E-state index contributed by atoms with van der Waals surface area (Å²) in [5.41, 5.74) is 2.85. The van der Waals surface area contributed by atoms with E-state index in [-0.39, 0.29) is 0 Å². The van der Waals surface area contributed by atoms with Crippen LogP contribution in [0.4, 0.5) is 0 Å². The number of hydrogen-bond donors (Lipinski definition) is 1. The summed E-state index contributed by atoms with van der Waals surface area (Å²) >= 11 is 0. The Balaban J connectivity index is 2.03. The summed E-state index contributed by atoms with van der Waals surface area (Å²) in [5.74, 6) is 0. The van der Waals surface area contributed by atoms with Crippen LogP contribution < -0.4 is 5.32 Å². The van der Waals surface area contributed by atoms with Crippen molar-refractivity contribution in [2.24, 2.45) is 0 Å². The molecule has 3 nitrogen and oxygen atoms in total. The molecule has 1 N–H and O–H groups in total. The fraction of sp³-hybridized carbons (Fsp3) is 0.600. The van der Waals surface area contributed by atoms with Crippen LogP contribution in [0.3, 0.4) is 0 Å². The number of benzene rings is 1. The van der Waals surface area contributed by atoms with Crippen LogP contribution in [0.2, 0.25) is 0 Å². The molecule has 1 atom stereocenters. The third kappa shape index (κ3) is 3.55. The Bertz CT molecular complexity index is 367. The molecular formula is C15H24N2O. The van der Waals surface area contributed by atoms with Crippen LogP contribution in [-0.4, -0.2) is 37.2 Å². The monoisotopic (exact) mass is 248 g/mol. The Morgan fingerprint density at radius 1 is 1.33 bits per heavy atom. The van der Waals surface area contributed by atoms with Crippen molar-refractivity contribution in [3.8, 4) is 0 Å². The first-order valence-electron chi connectivity index (χ1n) is 6.90. The van der Waals surface area contributed by atoms with Crippen LogP contribution in [0, 0.1) is 0 Å². The van der Waals surface area contributed by atoms with Crippen molar-refractivity contribution >= 4 is 0 Å². The van der Waals surface area contributed by atoms with E-state index in [4.69, 9.17) is 4.74 Å². The van der Waals surface area contributed by atoms with Crippen LogP contribution in [0.15, 0.2) is 24.3 Å². The van der Waals surface area contributed by atoms with Gasteiger partial charge in [-0.15, -0.1) is 0 Å². The zero-order valence-electron chi connectivity index (χ0n) is 11.5. The van der Waals surface area contributed by atoms with Crippen molar-refractivity contribution in [3.63, 3.8) is 0 Å². The third-order valence-corrected chi connectivity index (χ3v) is 3.56. The first-order chi connectivity index (χ1) is 8.81. The van der Waals surface area contributed by atoms with Gasteiger partial charge in [0, 0.05) is 25.7 Å². The average Bonchev–Trinajstić information content (AvgIpc) is 2.40. The van der Waals surface area contributed by atoms with Gasteiger partial charge in [-0.25, -0.2) is 0 Å². The number of rotatable bonds is 5. The molecule has 1 saturated heterocycles. The fourth-order valence-corrected chi connectivity index (χ4v) is 2.36. The third-order valence-electron chi connectivity index (χ3n) is 3.56. The molecule has 0 radical (unpaired) electrons. The summed E-state index contributed by atoms with van der Waals surface area (Å²) < 4.78 is 5.49. The lowest BCUT2D eigenvalue weighted by molar-refractivity contribution is -0.00448. The topological polar surface area (TPSA) is 24.5 Å². The van der Waals surface area contributed by atoms with Crippen LogP contribution in [-0.2, 0) is 17.8 Å². The summed E-state index contributed by atoms with van der Waals surface area (Å²) in [5, 5.41) is 3.41. The number of ether oxygens (including phenoxy) is 1. The van der Waals surface area contributed by atoms with Crippen LogP contribution in [0.1, 0.15) is 25.0 Å². The molecule has 0 saturated carbocycles. The quantitative estimate of drug-likeness (QED) is 0.863. The molecule has 1 heterocycles. The molecule has 1 aromatic rings. The predicted molar refractivity (Wildman–Crippen MR) is 74.5 cm³/mol. The van der Waals surface area contributed by atoms with Crippen molar-refractivity contribution in [1.82, 2.24) is 10.2 Å². The van der Waals surface area contributed by atoms with E-state index in [0.29, 0.717) is 6.04 Å². The molecule has 1 fully saturated rings. The predicted octanol–water partition coefficient (Wildman–Crippen LogP) is 2.02. The van der Waals surface area contributed by atoms with E-state index in [9.17, 15) is 0 Å². The maximum atomic E-state index is 5.49. The maximum absolute atomic E-state index is 5.49. The number of nitrogens with zero attached hydrogens (tertiary/aromatic N) is 1. The first-order valence-corrected chi connectivity index (χ1v) is 6.90. The van der Waals surface area contributed by atoms with E-state index < -0.39 is 0 Å². The second kappa shape index (κ2) is 6.88. The normalized spacial score (nSPS) is 21.1. The van der Waals surface area contributed by atoms with Crippen molar-refractivity contribution in [1.29, 1.82) is 0 Å². The lowest BCUT2D eigenvalue weighted by Crippen LogP contribution is -2.43. The Kier molecular flexibility index (Phi) is 5.17. The molecule has 1 aromatic carbocycles. The molecule has 3 heteroatoms. The van der Waals surface area contributed by atoms with Gasteiger partial charge >= 0.3 is 0 Å². The van der Waals surface area contributed by atoms with Gasteiger partial charge in [0.1, 0.15) is 0 Å². The highest BCUT2D eigenvalue weighted by Crippen LogP contribution is 2.15. The Labute approximate surface area is 110 Å². The molecule has 0 spiro atoms.